The van der Waals surface area contributed by atoms with Gasteiger partial charge in [-0.1, -0.05) is 20.8 Å². The normalized spacial score (nSPS) is 20.8. The predicted octanol–water partition coefficient (Wildman–Crippen LogP) is 2.90. The Morgan fingerprint density at radius 3 is 2.43 bits per heavy atom. The van der Waals surface area contributed by atoms with E-state index in [0.717, 1.165) is 12.2 Å². The van der Waals surface area contributed by atoms with Crippen LogP contribution in [-0.4, -0.2) is 41.6 Å². The Hall–Kier alpha value is -2.04. The summed E-state index contributed by atoms with van der Waals surface area (Å²) >= 11 is 0. The monoisotopic (exact) mass is 319 g/mol. The van der Waals surface area contributed by atoms with E-state index in [9.17, 15) is 9.59 Å². The first-order valence-corrected chi connectivity index (χ1v) is 8.13. The summed E-state index contributed by atoms with van der Waals surface area (Å²) in [6, 6.07) is 7.07. The van der Waals surface area contributed by atoms with Crippen molar-refractivity contribution in [2.24, 2.45) is 17.8 Å². The van der Waals surface area contributed by atoms with Crippen LogP contribution in [0.3, 0.4) is 0 Å². The maximum absolute atomic E-state index is 12.5. The molecule has 1 heterocycles. The Labute approximate surface area is 137 Å². The number of rotatable bonds is 6. The smallest absolute Gasteiger partial charge is 0.308 e. The number of carbonyl (C=O) groups is 2. The third-order valence-electron chi connectivity index (χ3n) is 4.28. The van der Waals surface area contributed by atoms with Crippen LogP contribution in [0.2, 0.25) is 0 Å². The van der Waals surface area contributed by atoms with Crippen LogP contribution in [-0.2, 0) is 4.79 Å². The zero-order chi connectivity index (χ0) is 17.0. The lowest BCUT2D eigenvalue weighted by Gasteiger charge is -2.16. The molecule has 0 spiro atoms. The Morgan fingerprint density at radius 2 is 1.91 bits per heavy atom. The lowest BCUT2D eigenvalue weighted by molar-refractivity contribution is -0.142. The van der Waals surface area contributed by atoms with Gasteiger partial charge in [-0.05, 0) is 42.5 Å². The molecule has 0 aromatic heterocycles. The fraction of sp³-hybridized carbons (Fsp3) is 0.556. The van der Waals surface area contributed by atoms with Gasteiger partial charge >= 0.3 is 5.97 Å². The molecule has 1 aliphatic rings. The molecule has 5 nitrogen and oxygen atoms in total. The van der Waals surface area contributed by atoms with E-state index in [1.54, 1.807) is 29.2 Å². The fourth-order valence-corrected chi connectivity index (χ4v) is 2.74. The number of aliphatic carboxylic acids is 1. The van der Waals surface area contributed by atoms with Gasteiger partial charge in [0.1, 0.15) is 5.75 Å². The molecule has 1 aromatic rings. The minimum atomic E-state index is -0.832. The van der Waals surface area contributed by atoms with Crippen molar-refractivity contribution in [1.29, 1.82) is 0 Å². The molecule has 0 saturated carbocycles. The highest BCUT2D eigenvalue weighted by atomic mass is 16.5. The largest absolute Gasteiger partial charge is 0.494 e. The maximum Gasteiger partial charge on any atom is 0.308 e. The minimum Gasteiger partial charge on any atom is -0.494 e. The summed E-state index contributed by atoms with van der Waals surface area (Å²) in [6.45, 7) is 7.59. The average molecular weight is 319 g/mol. The lowest BCUT2D eigenvalue weighted by Crippen LogP contribution is -2.29. The quantitative estimate of drug-likeness (QED) is 0.875. The van der Waals surface area contributed by atoms with Crippen molar-refractivity contribution in [2.75, 3.05) is 19.7 Å². The zero-order valence-corrected chi connectivity index (χ0v) is 14.0. The standard InChI is InChI=1S/C18H25NO4/c1-12(2)8-9-23-15-6-4-14(5-7-15)17(20)19-10-13(3)16(11-19)18(21)22/h4-7,12-13,16H,8-11H2,1-3H3,(H,21,22)/t13-,16-/m1/s1. The molecule has 1 saturated heterocycles. The summed E-state index contributed by atoms with van der Waals surface area (Å²) in [4.78, 5) is 25.2. The van der Waals surface area contributed by atoms with E-state index in [4.69, 9.17) is 9.84 Å². The number of hydrogen-bond donors (Lipinski definition) is 1. The minimum absolute atomic E-state index is 0.0184. The second-order valence-electron chi connectivity index (χ2n) is 6.69. The summed E-state index contributed by atoms with van der Waals surface area (Å²) in [5.41, 5.74) is 0.569. The number of carboxylic acid groups (broad SMARTS) is 1. The maximum atomic E-state index is 12.5. The van der Waals surface area contributed by atoms with Gasteiger partial charge in [0.2, 0.25) is 0 Å². The number of carbonyl (C=O) groups excluding carboxylic acids is 1. The van der Waals surface area contributed by atoms with Crippen LogP contribution in [0.4, 0.5) is 0 Å². The predicted molar refractivity (Wildman–Crippen MR) is 87.6 cm³/mol. The molecule has 1 amide bonds. The zero-order valence-electron chi connectivity index (χ0n) is 14.0. The summed E-state index contributed by atoms with van der Waals surface area (Å²) in [7, 11) is 0. The van der Waals surface area contributed by atoms with Crippen molar-refractivity contribution in [1.82, 2.24) is 4.90 Å². The molecule has 23 heavy (non-hydrogen) atoms. The number of hydrogen-bond acceptors (Lipinski definition) is 3. The van der Waals surface area contributed by atoms with E-state index >= 15 is 0 Å². The van der Waals surface area contributed by atoms with Gasteiger partial charge in [0.15, 0.2) is 0 Å². The Morgan fingerprint density at radius 1 is 1.26 bits per heavy atom. The van der Waals surface area contributed by atoms with Gasteiger partial charge in [0, 0.05) is 18.7 Å². The molecular formula is C18H25NO4. The molecule has 0 radical (unpaired) electrons. The van der Waals surface area contributed by atoms with Crippen LogP contribution in [0.15, 0.2) is 24.3 Å². The first kappa shape index (κ1) is 17.3. The summed E-state index contributed by atoms with van der Waals surface area (Å²) in [5.74, 6) is -0.0979. The van der Waals surface area contributed by atoms with Crippen LogP contribution in [0.1, 0.15) is 37.6 Å². The van der Waals surface area contributed by atoms with Gasteiger partial charge in [0.05, 0.1) is 12.5 Å². The van der Waals surface area contributed by atoms with Gasteiger partial charge in [-0.25, -0.2) is 0 Å². The highest BCUT2D eigenvalue weighted by Gasteiger charge is 2.37. The number of benzene rings is 1. The summed E-state index contributed by atoms with van der Waals surface area (Å²) in [5, 5.41) is 9.16. The van der Waals surface area contributed by atoms with Crippen molar-refractivity contribution in [3.05, 3.63) is 29.8 Å². The second kappa shape index (κ2) is 7.49. The molecule has 1 aromatic carbocycles. The van der Waals surface area contributed by atoms with Crippen molar-refractivity contribution >= 4 is 11.9 Å². The Kier molecular flexibility index (Phi) is 5.64. The Bertz CT molecular complexity index is 553. The van der Waals surface area contributed by atoms with Crippen molar-refractivity contribution in [2.45, 2.75) is 27.2 Å². The molecule has 5 heteroatoms. The van der Waals surface area contributed by atoms with Crippen LogP contribution < -0.4 is 4.74 Å². The third-order valence-corrected chi connectivity index (χ3v) is 4.28. The molecule has 0 aliphatic carbocycles. The second-order valence-corrected chi connectivity index (χ2v) is 6.69. The van der Waals surface area contributed by atoms with E-state index in [-0.39, 0.29) is 18.4 Å². The average Bonchev–Trinajstić information content (AvgIpc) is 2.89. The van der Waals surface area contributed by atoms with Crippen molar-refractivity contribution in [3.8, 4) is 5.75 Å². The number of carboxylic acids is 1. The molecular weight excluding hydrogens is 294 g/mol. The van der Waals surface area contributed by atoms with E-state index in [2.05, 4.69) is 13.8 Å². The summed E-state index contributed by atoms with van der Waals surface area (Å²) < 4.78 is 5.64. The Balaban J connectivity index is 1.94. The third kappa shape index (κ3) is 4.47. The SMILES string of the molecule is CC(C)CCOc1ccc(C(=O)N2C[C@@H](C)[C@H](C(=O)O)C2)cc1. The van der Waals surface area contributed by atoms with Crippen molar-refractivity contribution < 1.29 is 19.4 Å². The first-order chi connectivity index (χ1) is 10.9. The topological polar surface area (TPSA) is 66.8 Å². The highest BCUT2D eigenvalue weighted by Crippen LogP contribution is 2.25. The molecule has 1 fully saturated rings. The molecule has 126 valence electrons. The lowest BCUT2D eigenvalue weighted by atomic mass is 9.99. The van der Waals surface area contributed by atoms with Gasteiger partial charge in [-0.15, -0.1) is 0 Å². The van der Waals surface area contributed by atoms with E-state index < -0.39 is 11.9 Å². The highest BCUT2D eigenvalue weighted by molar-refractivity contribution is 5.95. The van der Waals surface area contributed by atoms with Crippen LogP contribution in [0, 0.1) is 17.8 Å². The van der Waals surface area contributed by atoms with Gasteiger partial charge < -0.3 is 14.7 Å². The van der Waals surface area contributed by atoms with Gasteiger partial charge in [-0.3, -0.25) is 9.59 Å². The molecule has 0 unspecified atom stereocenters. The number of likely N-dealkylation sites (tertiary alicyclic amines) is 1. The molecule has 1 N–H and O–H groups in total. The summed E-state index contributed by atoms with van der Waals surface area (Å²) in [6.07, 6.45) is 0.989. The van der Waals surface area contributed by atoms with Crippen LogP contribution >= 0.6 is 0 Å². The van der Waals surface area contributed by atoms with Gasteiger partial charge in [0.25, 0.3) is 5.91 Å². The van der Waals surface area contributed by atoms with Crippen LogP contribution in [0.25, 0.3) is 0 Å². The molecule has 2 rings (SSSR count). The molecule has 0 bridgehead atoms. The molecule has 1 aliphatic heterocycles. The van der Waals surface area contributed by atoms with Crippen LogP contribution in [0.5, 0.6) is 5.75 Å². The van der Waals surface area contributed by atoms with Gasteiger partial charge in [-0.2, -0.15) is 0 Å². The molecule has 2 atom stereocenters. The van der Waals surface area contributed by atoms with E-state index in [0.29, 0.717) is 24.6 Å². The number of amides is 1. The van der Waals surface area contributed by atoms with E-state index in [1.807, 2.05) is 6.92 Å². The fourth-order valence-electron chi connectivity index (χ4n) is 2.74. The number of ether oxygens (including phenoxy) is 1. The van der Waals surface area contributed by atoms with E-state index in [1.165, 1.54) is 0 Å². The van der Waals surface area contributed by atoms with Crippen molar-refractivity contribution in [3.63, 3.8) is 0 Å². The first-order valence-electron chi connectivity index (χ1n) is 8.13. The number of nitrogens with zero attached hydrogens (tertiary/aromatic N) is 1.